The van der Waals surface area contributed by atoms with Gasteiger partial charge in [-0.25, -0.2) is 8.78 Å². The van der Waals surface area contributed by atoms with Gasteiger partial charge in [-0.05, 0) is 73.1 Å². The summed E-state index contributed by atoms with van der Waals surface area (Å²) in [5, 5.41) is 3.82. The molecule has 5 unspecified atom stereocenters. The summed E-state index contributed by atoms with van der Waals surface area (Å²) in [4.78, 5) is 0. The normalized spacial score (nSPS) is 37.6. The van der Waals surface area contributed by atoms with Gasteiger partial charge >= 0.3 is 0 Å². The lowest BCUT2D eigenvalue weighted by Crippen LogP contribution is -2.26. The molecule has 0 heterocycles. The summed E-state index contributed by atoms with van der Waals surface area (Å²) in [6, 6.07) is 2.47. The van der Waals surface area contributed by atoms with E-state index in [1.54, 1.807) is 0 Å². The SMILES string of the molecule is CCNC(c1cc(F)c(F)cc1Cl)C1C2C3CCC(C3)C21. The van der Waals surface area contributed by atoms with Gasteiger partial charge in [0, 0.05) is 11.1 Å². The first-order valence-corrected chi connectivity index (χ1v) is 8.37. The summed E-state index contributed by atoms with van der Waals surface area (Å²) in [6.07, 6.45) is 4.09. The number of halogens is 3. The van der Waals surface area contributed by atoms with Crippen LogP contribution in [0.4, 0.5) is 8.78 Å². The van der Waals surface area contributed by atoms with Gasteiger partial charge in [-0.3, -0.25) is 0 Å². The van der Waals surface area contributed by atoms with Crippen molar-refractivity contribution in [3.63, 3.8) is 0 Å². The quantitative estimate of drug-likeness (QED) is 0.804. The molecule has 0 spiro atoms. The molecular formula is C17H20ClF2N. The maximum absolute atomic E-state index is 13.6. The first-order chi connectivity index (χ1) is 10.1. The Hall–Kier alpha value is -0.670. The van der Waals surface area contributed by atoms with E-state index in [1.807, 2.05) is 6.92 Å². The molecule has 0 aliphatic heterocycles. The lowest BCUT2D eigenvalue weighted by molar-refractivity contribution is 0.373. The Bertz CT molecular complexity index is 560. The largest absolute Gasteiger partial charge is 0.310 e. The van der Waals surface area contributed by atoms with Crippen LogP contribution in [0.1, 0.15) is 37.8 Å². The monoisotopic (exact) mass is 311 g/mol. The van der Waals surface area contributed by atoms with Crippen LogP contribution < -0.4 is 5.32 Å². The average Bonchev–Trinajstić information content (AvgIpc) is 2.87. The van der Waals surface area contributed by atoms with Gasteiger partial charge < -0.3 is 5.32 Å². The van der Waals surface area contributed by atoms with E-state index in [0.717, 1.165) is 41.8 Å². The van der Waals surface area contributed by atoms with Crippen molar-refractivity contribution in [3.05, 3.63) is 34.4 Å². The smallest absolute Gasteiger partial charge is 0.160 e. The lowest BCUT2D eigenvalue weighted by Gasteiger charge is -2.23. The Morgan fingerprint density at radius 3 is 2.43 bits per heavy atom. The highest BCUT2D eigenvalue weighted by atomic mass is 35.5. The molecule has 2 bridgehead atoms. The van der Waals surface area contributed by atoms with E-state index < -0.39 is 11.6 Å². The van der Waals surface area contributed by atoms with Gasteiger partial charge in [0.25, 0.3) is 0 Å². The van der Waals surface area contributed by atoms with Gasteiger partial charge in [0.15, 0.2) is 11.6 Å². The van der Waals surface area contributed by atoms with Gasteiger partial charge in [-0.2, -0.15) is 0 Å². The number of benzene rings is 1. The molecule has 0 amide bonds. The van der Waals surface area contributed by atoms with E-state index >= 15 is 0 Å². The molecule has 4 heteroatoms. The van der Waals surface area contributed by atoms with Crippen LogP contribution >= 0.6 is 11.6 Å². The second-order valence-corrected chi connectivity index (χ2v) is 7.30. The average molecular weight is 312 g/mol. The zero-order chi connectivity index (χ0) is 14.7. The number of rotatable bonds is 4. The minimum absolute atomic E-state index is 0.0657. The van der Waals surface area contributed by atoms with Gasteiger partial charge in [-0.1, -0.05) is 18.5 Å². The Morgan fingerprint density at radius 1 is 1.19 bits per heavy atom. The standard InChI is InChI=1S/C17H20ClF2N/c1-2-21-17(10-6-12(19)13(20)7-11(10)18)16-14-8-3-4-9(5-8)15(14)16/h6-9,14-17,21H,2-5H2,1H3. The van der Waals surface area contributed by atoms with E-state index in [0.29, 0.717) is 10.9 Å². The Labute approximate surface area is 129 Å². The number of fused-ring (bicyclic) bond motifs is 5. The molecule has 1 aromatic carbocycles. The van der Waals surface area contributed by atoms with E-state index in [4.69, 9.17) is 11.6 Å². The molecule has 21 heavy (non-hydrogen) atoms. The van der Waals surface area contributed by atoms with Crippen LogP contribution in [0.3, 0.4) is 0 Å². The second kappa shape index (κ2) is 4.92. The van der Waals surface area contributed by atoms with Crippen LogP contribution in [-0.4, -0.2) is 6.54 Å². The van der Waals surface area contributed by atoms with Crippen LogP contribution in [0.2, 0.25) is 5.02 Å². The third kappa shape index (κ3) is 2.04. The fraction of sp³-hybridized carbons (Fsp3) is 0.647. The molecule has 1 N–H and O–H groups in total. The van der Waals surface area contributed by atoms with Gasteiger partial charge in [-0.15, -0.1) is 0 Å². The first-order valence-electron chi connectivity index (χ1n) is 7.99. The molecule has 3 aliphatic rings. The molecule has 5 atom stereocenters. The van der Waals surface area contributed by atoms with Crippen molar-refractivity contribution in [2.45, 2.75) is 32.2 Å². The van der Waals surface area contributed by atoms with Crippen LogP contribution in [0, 0.1) is 41.2 Å². The zero-order valence-electron chi connectivity index (χ0n) is 12.1. The summed E-state index contributed by atoms with van der Waals surface area (Å²) in [6.45, 7) is 2.86. The zero-order valence-corrected chi connectivity index (χ0v) is 12.8. The van der Waals surface area contributed by atoms with Crippen molar-refractivity contribution in [2.24, 2.45) is 29.6 Å². The second-order valence-electron chi connectivity index (χ2n) is 6.89. The maximum atomic E-state index is 13.6. The number of hydrogen-bond acceptors (Lipinski definition) is 1. The van der Waals surface area contributed by atoms with Crippen molar-refractivity contribution in [3.8, 4) is 0 Å². The third-order valence-electron chi connectivity index (χ3n) is 5.98. The van der Waals surface area contributed by atoms with Crippen molar-refractivity contribution in [1.29, 1.82) is 0 Å². The summed E-state index contributed by atoms with van der Waals surface area (Å²) >= 11 is 6.20. The lowest BCUT2D eigenvalue weighted by atomic mass is 9.92. The fourth-order valence-electron chi connectivity index (χ4n) is 5.29. The molecule has 3 fully saturated rings. The fourth-order valence-corrected chi connectivity index (χ4v) is 5.56. The predicted molar refractivity (Wildman–Crippen MR) is 79.1 cm³/mol. The van der Waals surface area contributed by atoms with Gasteiger partial charge in [0.05, 0.1) is 0 Å². The molecule has 3 saturated carbocycles. The van der Waals surface area contributed by atoms with Crippen molar-refractivity contribution in [1.82, 2.24) is 5.32 Å². The van der Waals surface area contributed by atoms with E-state index in [1.165, 1.54) is 25.3 Å². The number of nitrogens with one attached hydrogen (secondary N) is 1. The van der Waals surface area contributed by atoms with Gasteiger partial charge in [0.1, 0.15) is 0 Å². The van der Waals surface area contributed by atoms with Crippen LogP contribution in [0.5, 0.6) is 0 Å². The van der Waals surface area contributed by atoms with E-state index in [2.05, 4.69) is 5.32 Å². The highest BCUT2D eigenvalue weighted by molar-refractivity contribution is 6.31. The van der Waals surface area contributed by atoms with Crippen molar-refractivity contribution >= 4 is 11.6 Å². The van der Waals surface area contributed by atoms with Crippen molar-refractivity contribution < 1.29 is 8.78 Å². The Balaban J connectivity index is 1.66. The third-order valence-corrected chi connectivity index (χ3v) is 6.31. The molecule has 1 nitrogen and oxygen atoms in total. The highest BCUT2D eigenvalue weighted by Crippen LogP contribution is 2.72. The molecule has 3 aliphatic carbocycles. The number of hydrogen-bond donors (Lipinski definition) is 1. The minimum atomic E-state index is -0.866. The molecule has 0 radical (unpaired) electrons. The Morgan fingerprint density at radius 2 is 1.81 bits per heavy atom. The molecule has 0 aromatic heterocycles. The van der Waals surface area contributed by atoms with Crippen LogP contribution in [0.25, 0.3) is 0 Å². The van der Waals surface area contributed by atoms with Crippen molar-refractivity contribution in [2.75, 3.05) is 6.54 Å². The molecular weight excluding hydrogens is 292 g/mol. The van der Waals surface area contributed by atoms with Gasteiger partial charge in [0.2, 0.25) is 0 Å². The summed E-state index contributed by atoms with van der Waals surface area (Å²) < 4.78 is 26.9. The molecule has 0 saturated heterocycles. The Kier molecular flexibility index (Phi) is 3.27. The van der Waals surface area contributed by atoms with Crippen LogP contribution in [0.15, 0.2) is 12.1 Å². The molecule has 114 valence electrons. The van der Waals surface area contributed by atoms with E-state index in [9.17, 15) is 8.78 Å². The molecule has 4 rings (SSSR count). The summed E-state index contributed by atoms with van der Waals surface area (Å²) in [5.41, 5.74) is 0.733. The first kappa shape index (κ1) is 14.0. The molecule has 1 aromatic rings. The summed E-state index contributed by atoms with van der Waals surface area (Å²) in [7, 11) is 0. The highest BCUT2D eigenvalue weighted by Gasteiger charge is 2.66. The summed E-state index contributed by atoms with van der Waals surface area (Å²) in [5.74, 6) is 2.15. The maximum Gasteiger partial charge on any atom is 0.160 e. The minimum Gasteiger partial charge on any atom is -0.310 e. The van der Waals surface area contributed by atoms with E-state index in [-0.39, 0.29) is 6.04 Å². The van der Waals surface area contributed by atoms with Crippen LogP contribution in [-0.2, 0) is 0 Å². The predicted octanol–water partition coefficient (Wildman–Crippen LogP) is 4.56. The topological polar surface area (TPSA) is 12.0 Å².